The highest BCUT2D eigenvalue weighted by Gasteiger charge is 2.61. The lowest BCUT2D eigenvalue weighted by Crippen LogP contribution is -2.64. The van der Waals surface area contributed by atoms with Gasteiger partial charge in [-0.05, 0) is 6.42 Å². The van der Waals surface area contributed by atoms with Gasteiger partial charge in [-0.1, -0.05) is 13.8 Å². The Balaban J connectivity index is 3.25. The van der Waals surface area contributed by atoms with Gasteiger partial charge in [0.05, 0.1) is 18.2 Å². The molecule has 1 saturated heterocycles. The van der Waals surface area contributed by atoms with Gasteiger partial charge >= 0.3 is 11.8 Å². The van der Waals surface area contributed by atoms with Crippen LogP contribution in [0.4, 0.5) is 8.78 Å². The molecule has 7 atom stereocenters. The first kappa shape index (κ1) is 18.5. The number of aliphatic carboxylic acids is 1. The number of hydrogen-bond acceptors (Lipinski definition) is 5. The number of nitrogens with two attached hydrogens (primary N) is 2. The Labute approximate surface area is 125 Å². The van der Waals surface area contributed by atoms with Gasteiger partial charge in [0, 0.05) is 5.92 Å². The highest BCUT2D eigenvalue weighted by atomic mass is 19.2. The SMILES string of the molecule is CC[C@@H](O)[C@@H](O)C1OC(F)(C(=O)O)C(F)C(N=C(N)N)C1C. The fourth-order valence-corrected chi connectivity index (χ4v) is 2.42. The van der Waals surface area contributed by atoms with Crippen molar-refractivity contribution in [3.8, 4) is 0 Å². The van der Waals surface area contributed by atoms with Crippen molar-refractivity contribution in [2.45, 2.75) is 56.6 Å². The molecule has 1 aliphatic rings. The molecule has 128 valence electrons. The van der Waals surface area contributed by atoms with Crippen LogP contribution in [0.5, 0.6) is 0 Å². The summed E-state index contributed by atoms with van der Waals surface area (Å²) in [6, 6.07) is -1.58. The van der Waals surface area contributed by atoms with E-state index in [2.05, 4.69) is 9.73 Å². The molecule has 1 aliphatic heterocycles. The Morgan fingerprint density at radius 1 is 1.45 bits per heavy atom. The summed E-state index contributed by atoms with van der Waals surface area (Å²) in [5.41, 5.74) is 10.3. The minimum absolute atomic E-state index is 0.103. The van der Waals surface area contributed by atoms with Crippen molar-refractivity contribution >= 4 is 11.9 Å². The van der Waals surface area contributed by atoms with Crippen LogP contribution < -0.4 is 11.5 Å². The normalized spacial score (nSPS) is 38.1. The minimum atomic E-state index is -3.73. The topological polar surface area (TPSA) is 151 Å². The molecule has 8 nitrogen and oxygen atoms in total. The van der Waals surface area contributed by atoms with Crippen molar-refractivity contribution in [1.29, 1.82) is 0 Å². The van der Waals surface area contributed by atoms with E-state index in [1.807, 2.05) is 0 Å². The molecule has 1 heterocycles. The fraction of sp³-hybridized carbons (Fsp3) is 0.833. The molecule has 0 saturated carbocycles. The maximum Gasteiger partial charge on any atom is 0.372 e. The number of carboxylic acid groups (broad SMARTS) is 1. The zero-order chi connectivity index (χ0) is 17.2. The standard InChI is InChI=1S/C12H21F2N3O5/c1-3-5(18)7(19)8-4(2)6(17-11(15)16)9(13)12(14,22-8)10(20)21/h4-9,18-19H,3H2,1-2H3,(H,20,21)(H4,15,16,17)/t4?,5-,6?,7-,8?,9?,12?/m1/s1. The summed E-state index contributed by atoms with van der Waals surface area (Å²) in [6.45, 7) is 2.91. The number of carboxylic acids is 1. The van der Waals surface area contributed by atoms with Gasteiger partial charge < -0.3 is 31.5 Å². The largest absolute Gasteiger partial charge is 0.477 e. The second-order valence-corrected chi connectivity index (χ2v) is 5.30. The van der Waals surface area contributed by atoms with E-state index in [1.165, 1.54) is 6.92 Å². The molecule has 0 aromatic heterocycles. The molecular formula is C12H21F2N3O5. The predicted octanol–water partition coefficient (Wildman–Crippen LogP) is -1.12. The van der Waals surface area contributed by atoms with E-state index < -0.39 is 54.2 Å². The predicted molar refractivity (Wildman–Crippen MR) is 72.3 cm³/mol. The second kappa shape index (κ2) is 6.71. The molecule has 22 heavy (non-hydrogen) atoms. The lowest BCUT2D eigenvalue weighted by molar-refractivity contribution is -0.281. The van der Waals surface area contributed by atoms with Crippen LogP contribution in [-0.4, -0.2) is 63.6 Å². The molecule has 0 aromatic rings. The zero-order valence-corrected chi connectivity index (χ0v) is 12.2. The van der Waals surface area contributed by atoms with Crippen LogP contribution >= 0.6 is 0 Å². The summed E-state index contributed by atoms with van der Waals surface area (Å²) in [5, 5.41) is 28.6. The minimum Gasteiger partial charge on any atom is -0.477 e. The lowest BCUT2D eigenvalue weighted by atomic mass is 9.82. The van der Waals surface area contributed by atoms with Crippen LogP contribution in [0, 0.1) is 5.92 Å². The molecular weight excluding hydrogens is 304 g/mol. The first-order valence-electron chi connectivity index (χ1n) is 6.75. The average Bonchev–Trinajstić information content (AvgIpc) is 2.45. The van der Waals surface area contributed by atoms with Crippen molar-refractivity contribution < 1.29 is 33.6 Å². The number of rotatable bonds is 5. The van der Waals surface area contributed by atoms with Crippen LogP contribution in [-0.2, 0) is 9.53 Å². The van der Waals surface area contributed by atoms with E-state index in [9.17, 15) is 23.8 Å². The molecule has 0 amide bonds. The molecule has 0 radical (unpaired) electrons. The fourth-order valence-electron chi connectivity index (χ4n) is 2.42. The molecule has 0 aromatic carbocycles. The maximum atomic E-state index is 14.4. The zero-order valence-electron chi connectivity index (χ0n) is 12.2. The average molecular weight is 325 g/mol. The van der Waals surface area contributed by atoms with E-state index >= 15 is 0 Å². The number of aliphatic hydroxyl groups excluding tert-OH is 2. The van der Waals surface area contributed by atoms with Crippen LogP contribution in [0.15, 0.2) is 4.99 Å². The third kappa shape index (κ3) is 3.28. The monoisotopic (exact) mass is 325 g/mol. The van der Waals surface area contributed by atoms with Gasteiger partial charge in [-0.15, -0.1) is 0 Å². The Kier molecular flexibility index (Phi) is 5.65. The molecule has 10 heteroatoms. The third-order valence-electron chi connectivity index (χ3n) is 3.76. The summed E-state index contributed by atoms with van der Waals surface area (Å²) >= 11 is 0. The number of guanidine groups is 1. The van der Waals surface area contributed by atoms with Crippen molar-refractivity contribution in [2.24, 2.45) is 22.4 Å². The smallest absolute Gasteiger partial charge is 0.372 e. The Morgan fingerprint density at radius 2 is 2.00 bits per heavy atom. The number of ether oxygens (including phenoxy) is 1. The quantitative estimate of drug-likeness (QED) is 0.317. The Morgan fingerprint density at radius 3 is 2.41 bits per heavy atom. The van der Waals surface area contributed by atoms with E-state index in [1.54, 1.807) is 6.92 Å². The first-order valence-corrected chi connectivity index (χ1v) is 6.75. The number of alkyl halides is 2. The first-order chi connectivity index (χ1) is 10.1. The van der Waals surface area contributed by atoms with Crippen LogP contribution in [0.25, 0.3) is 0 Å². The summed E-state index contributed by atoms with van der Waals surface area (Å²) in [7, 11) is 0. The summed E-state index contributed by atoms with van der Waals surface area (Å²) in [4.78, 5) is 14.6. The van der Waals surface area contributed by atoms with E-state index in [0.29, 0.717) is 0 Å². The molecule has 0 spiro atoms. The van der Waals surface area contributed by atoms with Gasteiger partial charge in [-0.3, -0.25) is 0 Å². The van der Waals surface area contributed by atoms with Crippen molar-refractivity contribution in [2.75, 3.05) is 0 Å². The van der Waals surface area contributed by atoms with Gasteiger partial charge in [0.1, 0.15) is 6.10 Å². The third-order valence-corrected chi connectivity index (χ3v) is 3.76. The highest BCUT2D eigenvalue weighted by Crippen LogP contribution is 2.40. The highest BCUT2D eigenvalue weighted by molar-refractivity contribution is 5.78. The Hall–Kier alpha value is -1.52. The number of nitrogens with zero attached hydrogens (tertiary/aromatic N) is 1. The number of carbonyl (C=O) groups is 1. The van der Waals surface area contributed by atoms with Crippen LogP contribution in [0.1, 0.15) is 20.3 Å². The number of aliphatic imine (C=N–C) groups is 1. The summed E-state index contributed by atoms with van der Waals surface area (Å²) in [5.74, 6) is -7.46. The molecule has 5 unspecified atom stereocenters. The van der Waals surface area contributed by atoms with Gasteiger partial charge in [0.15, 0.2) is 12.1 Å². The maximum absolute atomic E-state index is 14.4. The second-order valence-electron chi connectivity index (χ2n) is 5.30. The Bertz CT molecular complexity index is 448. The number of aliphatic hydroxyl groups is 2. The molecule has 7 N–H and O–H groups in total. The van der Waals surface area contributed by atoms with E-state index in [4.69, 9.17) is 16.6 Å². The van der Waals surface area contributed by atoms with Gasteiger partial charge in [-0.2, -0.15) is 4.39 Å². The number of halogens is 2. The molecule has 1 rings (SSSR count). The molecule has 1 fully saturated rings. The van der Waals surface area contributed by atoms with Gasteiger partial charge in [0.2, 0.25) is 0 Å². The van der Waals surface area contributed by atoms with Gasteiger partial charge in [0.25, 0.3) is 0 Å². The summed E-state index contributed by atoms with van der Waals surface area (Å²) < 4.78 is 33.3. The van der Waals surface area contributed by atoms with Crippen molar-refractivity contribution in [1.82, 2.24) is 0 Å². The van der Waals surface area contributed by atoms with Crippen molar-refractivity contribution in [3.63, 3.8) is 0 Å². The number of hydrogen-bond donors (Lipinski definition) is 5. The van der Waals surface area contributed by atoms with Gasteiger partial charge in [-0.25, -0.2) is 14.2 Å². The van der Waals surface area contributed by atoms with E-state index in [-0.39, 0.29) is 6.42 Å². The van der Waals surface area contributed by atoms with E-state index in [0.717, 1.165) is 0 Å². The molecule has 0 bridgehead atoms. The lowest BCUT2D eigenvalue weighted by Gasteiger charge is -2.44. The molecule has 0 aliphatic carbocycles. The summed E-state index contributed by atoms with van der Waals surface area (Å²) in [6.07, 6.45) is -7.01. The van der Waals surface area contributed by atoms with Crippen molar-refractivity contribution in [3.05, 3.63) is 0 Å². The van der Waals surface area contributed by atoms with Crippen LogP contribution in [0.2, 0.25) is 0 Å². The van der Waals surface area contributed by atoms with Crippen LogP contribution in [0.3, 0.4) is 0 Å².